The first-order chi connectivity index (χ1) is 10.5. The van der Waals surface area contributed by atoms with Gasteiger partial charge in [0.1, 0.15) is 0 Å². The second-order valence-electron chi connectivity index (χ2n) is 4.69. The molecule has 4 nitrogen and oxygen atoms in total. The van der Waals surface area contributed by atoms with Crippen LogP contribution in [0.25, 0.3) is 32.1 Å². The highest BCUT2D eigenvalue weighted by Crippen LogP contribution is 2.38. The summed E-state index contributed by atoms with van der Waals surface area (Å²) in [5.41, 5.74) is 8.42. The maximum Gasteiger partial charge on any atom is 0.417 e. The minimum absolute atomic E-state index is 0.0107. The van der Waals surface area contributed by atoms with Crippen molar-refractivity contribution >= 4 is 21.7 Å². The Bertz CT molecular complexity index is 912. The smallest absolute Gasteiger partial charge is 0.252 e. The fourth-order valence-electron chi connectivity index (χ4n) is 2.53. The highest BCUT2D eigenvalue weighted by atomic mass is 19.4. The molecule has 1 aromatic heterocycles. The van der Waals surface area contributed by atoms with Gasteiger partial charge in [0.15, 0.2) is 0 Å². The summed E-state index contributed by atoms with van der Waals surface area (Å²) in [5.74, 6) is 0. The standard InChI is InChI=1S/C15H9F3N4/c16-15(17,18)11-6-3-7-12-14(11)10-5-2-1-4-9(10)13(21-12)8-20-22-19/h1-7H,8H2. The Morgan fingerprint density at radius 1 is 1.05 bits per heavy atom. The summed E-state index contributed by atoms with van der Waals surface area (Å²) >= 11 is 0. The van der Waals surface area contributed by atoms with Crippen molar-refractivity contribution in [2.75, 3.05) is 0 Å². The number of halogens is 3. The van der Waals surface area contributed by atoms with E-state index in [0.29, 0.717) is 16.5 Å². The Balaban J connectivity index is 2.47. The summed E-state index contributed by atoms with van der Waals surface area (Å²) in [6, 6.07) is 10.6. The third-order valence-corrected chi connectivity index (χ3v) is 3.39. The molecule has 1 heterocycles. The molecule has 7 heteroatoms. The summed E-state index contributed by atoms with van der Waals surface area (Å²) in [4.78, 5) is 6.93. The van der Waals surface area contributed by atoms with Crippen molar-refractivity contribution in [1.82, 2.24) is 4.98 Å². The average Bonchev–Trinajstić information content (AvgIpc) is 2.51. The number of hydrogen-bond donors (Lipinski definition) is 0. The van der Waals surface area contributed by atoms with Crippen LogP contribution in [0.4, 0.5) is 13.2 Å². The normalized spacial score (nSPS) is 11.6. The topological polar surface area (TPSA) is 61.7 Å². The largest absolute Gasteiger partial charge is 0.417 e. The third-order valence-electron chi connectivity index (χ3n) is 3.39. The van der Waals surface area contributed by atoms with E-state index >= 15 is 0 Å². The SMILES string of the molecule is [N-]=[N+]=NCc1nc2cccc(C(F)(F)F)c2c2ccccc12. The van der Waals surface area contributed by atoms with E-state index in [1.54, 1.807) is 24.3 Å². The monoisotopic (exact) mass is 302 g/mol. The predicted octanol–water partition coefficient (Wildman–Crippen LogP) is 5.22. The van der Waals surface area contributed by atoms with Crippen LogP contribution in [0, 0.1) is 0 Å². The molecule has 0 saturated carbocycles. The molecule has 0 spiro atoms. The van der Waals surface area contributed by atoms with E-state index in [9.17, 15) is 13.2 Å². The first kappa shape index (κ1) is 14.2. The second-order valence-corrected chi connectivity index (χ2v) is 4.69. The molecule has 2 aromatic carbocycles. The molecule has 3 rings (SSSR count). The number of alkyl halides is 3. The van der Waals surface area contributed by atoms with Crippen molar-refractivity contribution in [3.8, 4) is 0 Å². The summed E-state index contributed by atoms with van der Waals surface area (Å²) in [5, 5.41) is 4.53. The molecule has 3 aromatic rings. The zero-order chi connectivity index (χ0) is 15.7. The fraction of sp³-hybridized carbons (Fsp3) is 0.133. The van der Waals surface area contributed by atoms with Gasteiger partial charge in [-0.15, -0.1) is 0 Å². The van der Waals surface area contributed by atoms with Gasteiger partial charge >= 0.3 is 6.18 Å². The van der Waals surface area contributed by atoms with Crippen LogP contribution in [0.5, 0.6) is 0 Å². The Labute approximate surface area is 122 Å². The number of azide groups is 1. The highest BCUT2D eigenvalue weighted by Gasteiger charge is 2.33. The van der Waals surface area contributed by atoms with Crippen LogP contribution >= 0.6 is 0 Å². The molecule has 0 aliphatic heterocycles. The Morgan fingerprint density at radius 2 is 1.77 bits per heavy atom. The number of pyridine rings is 1. The number of nitrogens with zero attached hydrogens (tertiary/aromatic N) is 4. The number of hydrogen-bond acceptors (Lipinski definition) is 2. The first-order valence-corrected chi connectivity index (χ1v) is 6.41. The van der Waals surface area contributed by atoms with Gasteiger partial charge in [0.2, 0.25) is 0 Å². The zero-order valence-electron chi connectivity index (χ0n) is 11.2. The van der Waals surface area contributed by atoms with Gasteiger partial charge in [-0.3, -0.25) is 4.98 Å². The minimum atomic E-state index is -4.46. The van der Waals surface area contributed by atoms with Gasteiger partial charge in [0.05, 0.1) is 23.3 Å². The lowest BCUT2D eigenvalue weighted by Gasteiger charge is -2.14. The van der Waals surface area contributed by atoms with Gasteiger partial charge in [-0.2, -0.15) is 13.2 Å². The molecule has 0 bridgehead atoms. The minimum Gasteiger partial charge on any atom is -0.252 e. The fourth-order valence-corrected chi connectivity index (χ4v) is 2.53. The van der Waals surface area contributed by atoms with E-state index in [-0.39, 0.29) is 17.4 Å². The maximum absolute atomic E-state index is 13.3. The molecule has 0 radical (unpaired) electrons. The van der Waals surface area contributed by atoms with E-state index in [1.165, 1.54) is 12.1 Å². The van der Waals surface area contributed by atoms with E-state index in [1.807, 2.05) is 0 Å². The molecule has 22 heavy (non-hydrogen) atoms. The summed E-state index contributed by atoms with van der Waals surface area (Å²) in [6.07, 6.45) is -4.46. The van der Waals surface area contributed by atoms with Gasteiger partial charge in [-0.1, -0.05) is 35.4 Å². The third kappa shape index (κ3) is 2.31. The predicted molar refractivity (Wildman–Crippen MR) is 77.1 cm³/mol. The highest BCUT2D eigenvalue weighted by molar-refractivity contribution is 6.08. The Hall–Kier alpha value is -2.79. The van der Waals surface area contributed by atoms with Crippen LogP contribution in [0.3, 0.4) is 0 Å². The summed E-state index contributed by atoms with van der Waals surface area (Å²) in [6.45, 7) is -0.0107. The van der Waals surface area contributed by atoms with Gasteiger partial charge in [-0.05, 0) is 23.1 Å². The van der Waals surface area contributed by atoms with Crippen LogP contribution in [-0.4, -0.2) is 4.98 Å². The second kappa shape index (κ2) is 5.20. The van der Waals surface area contributed by atoms with Crippen LogP contribution in [0.2, 0.25) is 0 Å². The molecule has 0 unspecified atom stereocenters. The molecule has 110 valence electrons. The van der Waals surface area contributed by atoms with Crippen LogP contribution < -0.4 is 0 Å². The molecular formula is C15H9F3N4. The van der Waals surface area contributed by atoms with E-state index < -0.39 is 11.7 Å². The van der Waals surface area contributed by atoms with Crippen molar-refractivity contribution in [1.29, 1.82) is 0 Å². The molecule has 0 aliphatic rings. The van der Waals surface area contributed by atoms with Crippen LogP contribution in [0.15, 0.2) is 47.6 Å². The molecule has 0 amide bonds. The zero-order valence-corrected chi connectivity index (χ0v) is 11.2. The van der Waals surface area contributed by atoms with Gasteiger partial charge in [-0.25, -0.2) is 0 Å². The van der Waals surface area contributed by atoms with Gasteiger partial charge < -0.3 is 0 Å². The quantitative estimate of drug-likeness (QED) is 0.277. The lowest BCUT2D eigenvalue weighted by atomic mass is 9.99. The Kier molecular flexibility index (Phi) is 3.35. The molecule has 0 saturated heterocycles. The van der Waals surface area contributed by atoms with Gasteiger partial charge in [0, 0.05) is 15.7 Å². The lowest BCUT2D eigenvalue weighted by Crippen LogP contribution is -2.07. The van der Waals surface area contributed by atoms with Crippen molar-refractivity contribution in [3.63, 3.8) is 0 Å². The van der Waals surface area contributed by atoms with E-state index in [2.05, 4.69) is 15.0 Å². The van der Waals surface area contributed by atoms with Gasteiger partial charge in [0.25, 0.3) is 0 Å². The molecule has 0 fully saturated rings. The van der Waals surface area contributed by atoms with Crippen LogP contribution in [-0.2, 0) is 12.7 Å². The lowest BCUT2D eigenvalue weighted by molar-refractivity contribution is -0.136. The van der Waals surface area contributed by atoms with Crippen LogP contribution in [0.1, 0.15) is 11.3 Å². The maximum atomic E-state index is 13.3. The Morgan fingerprint density at radius 3 is 2.45 bits per heavy atom. The van der Waals surface area contributed by atoms with Crippen molar-refractivity contribution in [2.45, 2.75) is 12.7 Å². The number of benzene rings is 2. The first-order valence-electron chi connectivity index (χ1n) is 6.41. The number of aromatic nitrogens is 1. The summed E-state index contributed by atoms with van der Waals surface area (Å²) in [7, 11) is 0. The molecule has 0 N–H and O–H groups in total. The molecule has 0 atom stereocenters. The molecule has 0 aliphatic carbocycles. The van der Waals surface area contributed by atoms with E-state index in [4.69, 9.17) is 5.53 Å². The van der Waals surface area contributed by atoms with Crippen molar-refractivity contribution in [2.24, 2.45) is 5.11 Å². The summed E-state index contributed by atoms with van der Waals surface area (Å²) < 4.78 is 39.8. The van der Waals surface area contributed by atoms with Crippen molar-refractivity contribution < 1.29 is 13.2 Å². The molecular weight excluding hydrogens is 293 g/mol. The number of fused-ring (bicyclic) bond motifs is 3. The van der Waals surface area contributed by atoms with Crippen molar-refractivity contribution in [3.05, 3.63) is 64.2 Å². The number of rotatable bonds is 2. The average molecular weight is 302 g/mol. The van der Waals surface area contributed by atoms with E-state index in [0.717, 1.165) is 6.07 Å².